The first-order chi connectivity index (χ1) is 8.56. The molecule has 2 N–H and O–H groups in total. The summed E-state index contributed by atoms with van der Waals surface area (Å²) in [6.45, 7) is 5.36. The number of nitrogens with zero attached hydrogens (tertiary/aromatic N) is 2. The van der Waals surface area contributed by atoms with Gasteiger partial charge < -0.3 is 10.0 Å². The van der Waals surface area contributed by atoms with Crippen LogP contribution in [0.2, 0.25) is 0 Å². The van der Waals surface area contributed by atoms with Crippen molar-refractivity contribution in [1.29, 1.82) is 0 Å². The highest BCUT2D eigenvalue weighted by molar-refractivity contribution is 5.96. The van der Waals surface area contributed by atoms with Crippen molar-refractivity contribution >= 4 is 5.91 Å². The SMILES string of the molecule is Cc1ccc(O)c(C(=O)NN2CCN(C)CC2)c1. The molecule has 5 heteroatoms. The topological polar surface area (TPSA) is 55.8 Å². The molecule has 0 bridgehead atoms. The number of amides is 1. The zero-order valence-corrected chi connectivity index (χ0v) is 10.8. The number of aromatic hydroxyl groups is 1. The normalized spacial score (nSPS) is 17.7. The van der Waals surface area contributed by atoms with E-state index in [4.69, 9.17) is 0 Å². The van der Waals surface area contributed by atoms with Gasteiger partial charge in [0.15, 0.2) is 0 Å². The van der Waals surface area contributed by atoms with Gasteiger partial charge in [-0.1, -0.05) is 11.6 Å². The van der Waals surface area contributed by atoms with E-state index in [0.717, 1.165) is 31.7 Å². The molecule has 1 aliphatic heterocycles. The van der Waals surface area contributed by atoms with Crippen molar-refractivity contribution in [3.63, 3.8) is 0 Å². The standard InChI is InChI=1S/C13H19N3O2/c1-10-3-4-12(17)11(9-10)13(18)14-16-7-5-15(2)6-8-16/h3-4,9,17H,5-8H2,1-2H3,(H,14,18). The Labute approximate surface area is 107 Å². The molecule has 1 saturated heterocycles. The Morgan fingerprint density at radius 3 is 2.61 bits per heavy atom. The second kappa shape index (κ2) is 5.37. The van der Waals surface area contributed by atoms with Crippen molar-refractivity contribution in [1.82, 2.24) is 15.3 Å². The van der Waals surface area contributed by atoms with Crippen molar-refractivity contribution in [2.24, 2.45) is 0 Å². The zero-order chi connectivity index (χ0) is 13.1. The van der Waals surface area contributed by atoms with Gasteiger partial charge in [-0.25, -0.2) is 5.01 Å². The Kier molecular flexibility index (Phi) is 3.84. The zero-order valence-electron chi connectivity index (χ0n) is 10.8. The van der Waals surface area contributed by atoms with Crippen LogP contribution in [0.3, 0.4) is 0 Å². The van der Waals surface area contributed by atoms with Gasteiger partial charge in [0, 0.05) is 26.2 Å². The number of carbonyl (C=O) groups is 1. The molecule has 1 aromatic carbocycles. The van der Waals surface area contributed by atoms with Gasteiger partial charge in [-0.2, -0.15) is 0 Å². The average molecular weight is 249 g/mol. The summed E-state index contributed by atoms with van der Waals surface area (Å²) >= 11 is 0. The first kappa shape index (κ1) is 12.9. The highest BCUT2D eigenvalue weighted by Crippen LogP contribution is 2.18. The van der Waals surface area contributed by atoms with Crippen molar-refractivity contribution in [2.45, 2.75) is 6.92 Å². The molecule has 0 aliphatic carbocycles. The minimum absolute atomic E-state index is 0.0206. The fraction of sp³-hybridized carbons (Fsp3) is 0.462. The van der Waals surface area contributed by atoms with Crippen LogP contribution in [0.25, 0.3) is 0 Å². The maximum Gasteiger partial charge on any atom is 0.269 e. The Bertz CT molecular complexity index is 440. The highest BCUT2D eigenvalue weighted by Gasteiger charge is 2.18. The lowest BCUT2D eigenvalue weighted by molar-refractivity contribution is 0.0660. The van der Waals surface area contributed by atoms with Crippen LogP contribution in [0.1, 0.15) is 15.9 Å². The van der Waals surface area contributed by atoms with Crippen molar-refractivity contribution in [3.8, 4) is 5.75 Å². The summed E-state index contributed by atoms with van der Waals surface area (Å²) in [5, 5.41) is 11.6. The maximum absolute atomic E-state index is 12.0. The summed E-state index contributed by atoms with van der Waals surface area (Å²) < 4.78 is 0. The van der Waals surface area contributed by atoms with Gasteiger partial charge in [-0.15, -0.1) is 0 Å². The number of nitrogens with one attached hydrogen (secondary N) is 1. The number of phenolic OH excluding ortho intramolecular Hbond substituents is 1. The largest absolute Gasteiger partial charge is 0.507 e. The van der Waals surface area contributed by atoms with E-state index in [-0.39, 0.29) is 11.7 Å². The summed E-state index contributed by atoms with van der Waals surface area (Å²) in [6.07, 6.45) is 0. The van der Waals surface area contributed by atoms with E-state index < -0.39 is 0 Å². The van der Waals surface area contributed by atoms with Gasteiger partial charge in [0.2, 0.25) is 0 Å². The Balaban J connectivity index is 2.01. The first-order valence-corrected chi connectivity index (χ1v) is 6.10. The van der Waals surface area contributed by atoms with Gasteiger partial charge in [0.1, 0.15) is 5.75 Å². The van der Waals surface area contributed by atoms with E-state index in [1.54, 1.807) is 18.2 Å². The lowest BCUT2D eigenvalue weighted by Gasteiger charge is -2.32. The smallest absolute Gasteiger partial charge is 0.269 e. The number of phenols is 1. The van der Waals surface area contributed by atoms with Crippen LogP contribution in [0, 0.1) is 6.92 Å². The molecule has 0 saturated carbocycles. The summed E-state index contributed by atoms with van der Waals surface area (Å²) in [5.74, 6) is -0.229. The molecule has 1 fully saturated rings. The third-order valence-corrected chi connectivity index (χ3v) is 3.16. The Morgan fingerprint density at radius 1 is 1.28 bits per heavy atom. The van der Waals surface area contributed by atoms with Crippen LogP contribution in [-0.2, 0) is 0 Å². The number of rotatable bonds is 2. The lowest BCUT2D eigenvalue weighted by atomic mass is 10.1. The molecule has 18 heavy (non-hydrogen) atoms. The number of benzene rings is 1. The van der Waals surface area contributed by atoms with E-state index in [0.29, 0.717) is 5.56 Å². The first-order valence-electron chi connectivity index (χ1n) is 6.10. The van der Waals surface area contributed by atoms with E-state index in [9.17, 15) is 9.90 Å². The molecule has 0 aromatic heterocycles. The molecule has 1 heterocycles. The fourth-order valence-corrected chi connectivity index (χ4v) is 1.95. The molecule has 0 spiro atoms. The Hall–Kier alpha value is -1.59. The Morgan fingerprint density at radius 2 is 1.94 bits per heavy atom. The number of hydrogen-bond acceptors (Lipinski definition) is 4. The second-order valence-corrected chi connectivity index (χ2v) is 4.75. The van der Waals surface area contributed by atoms with Crippen LogP contribution < -0.4 is 5.43 Å². The molecule has 0 atom stereocenters. The van der Waals surface area contributed by atoms with E-state index in [2.05, 4.69) is 17.4 Å². The number of hydrazine groups is 1. The molecule has 1 aliphatic rings. The van der Waals surface area contributed by atoms with Crippen LogP contribution in [0.5, 0.6) is 5.75 Å². The third kappa shape index (κ3) is 3.00. The summed E-state index contributed by atoms with van der Waals surface area (Å²) in [4.78, 5) is 14.3. The highest BCUT2D eigenvalue weighted by atomic mass is 16.3. The van der Waals surface area contributed by atoms with Crippen LogP contribution in [-0.4, -0.2) is 54.1 Å². The van der Waals surface area contributed by atoms with E-state index in [1.165, 1.54) is 0 Å². The molecule has 5 nitrogen and oxygen atoms in total. The molecule has 1 amide bonds. The van der Waals surface area contributed by atoms with Crippen molar-refractivity contribution in [3.05, 3.63) is 29.3 Å². The maximum atomic E-state index is 12.0. The van der Waals surface area contributed by atoms with Crippen LogP contribution in [0.15, 0.2) is 18.2 Å². The predicted octanol–water partition coefficient (Wildman–Crippen LogP) is 0.593. The van der Waals surface area contributed by atoms with Crippen LogP contribution in [0.4, 0.5) is 0 Å². The molecule has 2 rings (SSSR count). The molecular formula is C13H19N3O2. The molecule has 0 radical (unpaired) electrons. The van der Waals surface area contributed by atoms with Crippen molar-refractivity contribution < 1.29 is 9.90 Å². The number of piperazine rings is 1. The third-order valence-electron chi connectivity index (χ3n) is 3.16. The second-order valence-electron chi connectivity index (χ2n) is 4.75. The number of carbonyl (C=O) groups excluding carboxylic acids is 1. The number of aryl methyl sites for hydroxylation is 1. The van der Waals surface area contributed by atoms with Gasteiger partial charge in [0.05, 0.1) is 5.56 Å². The number of hydrogen-bond donors (Lipinski definition) is 2. The quantitative estimate of drug-likeness (QED) is 0.805. The summed E-state index contributed by atoms with van der Waals surface area (Å²) in [7, 11) is 2.06. The van der Waals surface area contributed by atoms with E-state index >= 15 is 0 Å². The molecular weight excluding hydrogens is 230 g/mol. The number of likely N-dealkylation sites (N-methyl/N-ethyl adjacent to an activating group) is 1. The van der Waals surface area contributed by atoms with Crippen LogP contribution >= 0.6 is 0 Å². The monoisotopic (exact) mass is 249 g/mol. The lowest BCUT2D eigenvalue weighted by Crippen LogP contribution is -2.52. The average Bonchev–Trinajstić information content (AvgIpc) is 2.35. The van der Waals surface area contributed by atoms with Crippen molar-refractivity contribution in [2.75, 3.05) is 33.2 Å². The fourth-order valence-electron chi connectivity index (χ4n) is 1.95. The summed E-state index contributed by atoms with van der Waals surface area (Å²) in [5.41, 5.74) is 4.11. The van der Waals surface area contributed by atoms with E-state index in [1.807, 2.05) is 11.9 Å². The van der Waals surface area contributed by atoms with Gasteiger partial charge in [-0.05, 0) is 26.1 Å². The minimum Gasteiger partial charge on any atom is -0.507 e. The molecule has 98 valence electrons. The predicted molar refractivity (Wildman–Crippen MR) is 69.4 cm³/mol. The minimum atomic E-state index is -0.249. The van der Waals surface area contributed by atoms with Gasteiger partial charge in [0.25, 0.3) is 5.91 Å². The molecule has 0 unspecified atom stereocenters. The van der Waals surface area contributed by atoms with Gasteiger partial charge in [-0.3, -0.25) is 10.2 Å². The molecule has 1 aromatic rings. The summed E-state index contributed by atoms with van der Waals surface area (Å²) in [6, 6.07) is 5.02. The van der Waals surface area contributed by atoms with Gasteiger partial charge >= 0.3 is 0 Å².